The van der Waals surface area contributed by atoms with E-state index in [4.69, 9.17) is 76.0 Å². The Bertz CT molecular complexity index is 3650. The molecule has 1 aromatic heterocycles. The molecular weight excluding hydrogens is 1340 g/mol. The Labute approximate surface area is 628 Å². The molecule has 9 rings (SSSR count). The second-order valence-electron chi connectivity index (χ2n) is 27.2. The van der Waals surface area contributed by atoms with Crippen LogP contribution in [0, 0.1) is 5.41 Å². The summed E-state index contributed by atoms with van der Waals surface area (Å²) in [7, 11) is 0. The van der Waals surface area contributed by atoms with E-state index in [0.717, 1.165) is 102 Å². The van der Waals surface area contributed by atoms with Crippen molar-refractivity contribution >= 4 is 0 Å². The molecule has 106 heavy (non-hydrogen) atoms. The zero-order valence-electron chi connectivity index (χ0n) is 64.0. The average molecular weight is 1450 g/mol. The van der Waals surface area contributed by atoms with Gasteiger partial charge in [-0.25, -0.2) is 0 Å². The lowest BCUT2D eigenvalue weighted by molar-refractivity contribution is 0.0590. The lowest BCUT2D eigenvalue weighted by Gasteiger charge is -2.25. The highest BCUT2D eigenvalue weighted by Crippen LogP contribution is 2.37. The highest BCUT2D eigenvalue weighted by Gasteiger charge is 2.25. The van der Waals surface area contributed by atoms with Crippen LogP contribution in [0.25, 0.3) is 11.3 Å². The largest absolute Gasteiger partial charge is 0.493 e. The second kappa shape index (κ2) is 42.1. The monoisotopic (exact) mass is 1450 g/mol. The van der Waals surface area contributed by atoms with Gasteiger partial charge in [0, 0.05) is 48.0 Å². The number of nitrogens with zero attached hydrogens (tertiary/aromatic N) is 1. The predicted octanol–water partition coefficient (Wildman–Crippen LogP) is 21.2. The van der Waals surface area contributed by atoms with Crippen molar-refractivity contribution in [1.82, 2.24) is 4.98 Å². The van der Waals surface area contributed by atoms with Gasteiger partial charge in [0.1, 0.15) is 139 Å². The van der Waals surface area contributed by atoms with Crippen LogP contribution >= 0.6 is 0 Å². The van der Waals surface area contributed by atoms with Crippen molar-refractivity contribution in [2.24, 2.45) is 5.41 Å². The molecule has 566 valence electrons. The van der Waals surface area contributed by atoms with E-state index in [1.54, 1.807) is 0 Å². The van der Waals surface area contributed by atoms with E-state index in [0.29, 0.717) is 145 Å². The van der Waals surface area contributed by atoms with Crippen LogP contribution in [0.4, 0.5) is 0 Å². The standard InChI is InChI=1S/C89H109NO16/c1-12-27-92-72-35-63(36-73(49-72)93-28-13-2)57-101-82-45-68(46-83(54-82)102-58-64-37-74(94-29-14-3)50-75(38-64)95-30-15-4)61-105-80-43-67(56-100-71-25-23-70(24-26-71)86-21-20-22-87(90-86)88(91)89(9,10)11)44-81(53-80)106-62-69-47-84(103-59-65-39-76(96-31-16-5)51-77(40-65)97-32-17-6)55-85(48-69)104-60-66-41-78(98-33-18-7)52-79(42-66)99-34-19-8/h20-26,35-55,88,91H,12-19,27-34,56-62H2,1-11H3/t88-/m1/s1. The van der Waals surface area contributed by atoms with Crippen molar-refractivity contribution in [1.29, 1.82) is 0 Å². The zero-order chi connectivity index (χ0) is 74.9. The maximum atomic E-state index is 11.1. The summed E-state index contributed by atoms with van der Waals surface area (Å²) in [6.45, 7) is 28.5. The predicted molar refractivity (Wildman–Crippen MR) is 416 cm³/mol. The molecule has 0 bridgehead atoms. The Morgan fingerprint density at radius 3 is 0.651 bits per heavy atom. The van der Waals surface area contributed by atoms with Crippen LogP contribution in [0.2, 0.25) is 0 Å². The van der Waals surface area contributed by atoms with Crippen LogP contribution < -0.4 is 71.1 Å². The highest BCUT2D eigenvalue weighted by molar-refractivity contribution is 5.60. The van der Waals surface area contributed by atoms with Gasteiger partial charge in [0.25, 0.3) is 0 Å². The summed E-state index contributed by atoms with van der Waals surface area (Å²) in [5.74, 6) is 9.68. The van der Waals surface area contributed by atoms with E-state index in [1.807, 2.05) is 191 Å². The quantitative estimate of drug-likeness (QED) is 0.0381. The lowest BCUT2D eigenvalue weighted by Crippen LogP contribution is -2.19. The van der Waals surface area contributed by atoms with E-state index in [1.165, 1.54) is 0 Å². The molecule has 0 aliphatic rings. The molecule has 0 saturated carbocycles. The summed E-state index contributed by atoms with van der Waals surface area (Å²) in [6, 6.07) is 54.5. The van der Waals surface area contributed by atoms with E-state index < -0.39 is 6.10 Å². The highest BCUT2D eigenvalue weighted by atomic mass is 16.5. The number of ether oxygens (including phenoxy) is 15. The van der Waals surface area contributed by atoms with Crippen LogP contribution in [0.3, 0.4) is 0 Å². The van der Waals surface area contributed by atoms with Gasteiger partial charge < -0.3 is 76.2 Å². The molecule has 0 spiro atoms. The molecule has 17 heteroatoms. The normalized spacial score (nSPS) is 11.5. The molecule has 1 heterocycles. The Kier molecular flexibility index (Phi) is 31.8. The van der Waals surface area contributed by atoms with Gasteiger partial charge in [-0.1, -0.05) is 82.2 Å². The van der Waals surface area contributed by atoms with Crippen LogP contribution in [-0.4, -0.2) is 62.9 Å². The van der Waals surface area contributed by atoms with Gasteiger partial charge in [-0.3, -0.25) is 4.98 Å². The molecule has 0 aliphatic heterocycles. The molecule has 17 nitrogen and oxygen atoms in total. The lowest BCUT2D eigenvalue weighted by atomic mass is 9.87. The van der Waals surface area contributed by atoms with Crippen molar-refractivity contribution in [3.8, 4) is 97.5 Å². The second-order valence-corrected chi connectivity index (χ2v) is 27.2. The number of pyridine rings is 1. The summed E-state index contributed by atoms with van der Waals surface area (Å²) < 4.78 is 95.7. The first kappa shape index (κ1) is 80.0. The fourth-order valence-corrected chi connectivity index (χ4v) is 11.0. The smallest absolute Gasteiger partial charge is 0.123 e. The molecule has 8 aromatic carbocycles. The van der Waals surface area contributed by atoms with Crippen LogP contribution in [0.1, 0.15) is 178 Å². The van der Waals surface area contributed by atoms with E-state index in [-0.39, 0.29) is 51.7 Å². The minimum atomic E-state index is -0.731. The fourth-order valence-electron chi connectivity index (χ4n) is 11.0. The molecular formula is C89H109NO16. The third-order valence-corrected chi connectivity index (χ3v) is 16.2. The maximum absolute atomic E-state index is 11.1. The number of hydrogen-bond acceptors (Lipinski definition) is 17. The number of rotatable bonds is 47. The summed E-state index contributed by atoms with van der Waals surface area (Å²) in [4.78, 5) is 4.84. The first-order valence-corrected chi connectivity index (χ1v) is 37.7. The van der Waals surface area contributed by atoms with Gasteiger partial charge >= 0.3 is 0 Å². The SMILES string of the molecule is CCCOc1cc(COc2cc(COc3cc(COc4ccc(-c5cccc([C@@H](O)C(C)(C)C)n5)cc4)cc(OCc4cc(OCc5cc(OCCC)cc(OCCC)c5)cc(OCc5cc(OCCC)cc(OCCC)c5)c4)c3)cc(OCc3cc(OCCC)cc(OCCC)c3)c2)cc(OCCC)c1. The molecule has 1 N–H and O–H groups in total. The minimum Gasteiger partial charge on any atom is -0.493 e. The first-order chi connectivity index (χ1) is 51.6. The Hall–Kier alpha value is -10.1. The summed E-state index contributed by atoms with van der Waals surface area (Å²) >= 11 is 0. The molecule has 0 aliphatic carbocycles. The number of aliphatic hydroxyl groups is 1. The summed E-state index contributed by atoms with van der Waals surface area (Å²) in [5.41, 5.74) is 7.74. The topological polar surface area (TPSA) is 172 Å². The van der Waals surface area contributed by atoms with Crippen molar-refractivity contribution in [2.75, 3.05) is 52.9 Å². The molecule has 0 saturated heterocycles. The third-order valence-electron chi connectivity index (χ3n) is 16.2. The van der Waals surface area contributed by atoms with Crippen LogP contribution in [-0.2, 0) is 46.2 Å². The minimum absolute atomic E-state index is 0.116. The van der Waals surface area contributed by atoms with Crippen molar-refractivity contribution < 1.29 is 76.2 Å². The molecule has 0 radical (unpaired) electrons. The number of aromatic nitrogens is 1. The first-order valence-electron chi connectivity index (χ1n) is 37.7. The van der Waals surface area contributed by atoms with Gasteiger partial charge in [0.15, 0.2) is 0 Å². The average Bonchev–Trinajstić information content (AvgIpc) is 0.825. The Balaban J connectivity index is 1.04. The van der Waals surface area contributed by atoms with Gasteiger partial charge in [0.2, 0.25) is 0 Å². The van der Waals surface area contributed by atoms with Crippen molar-refractivity contribution in [3.05, 3.63) is 214 Å². The summed E-state index contributed by atoms with van der Waals surface area (Å²) in [6.07, 6.45) is 6.19. The van der Waals surface area contributed by atoms with Gasteiger partial charge in [-0.05, 0) is 217 Å². The zero-order valence-corrected chi connectivity index (χ0v) is 64.0. The summed E-state index contributed by atoms with van der Waals surface area (Å²) in [5, 5.41) is 11.1. The van der Waals surface area contributed by atoms with Crippen molar-refractivity contribution in [3.63, 3.8) is 0 Å². The van der Waals surface area contributed by atoms with E-state index in [2.05, 4.69) is 55.4 Å². The van der Waals surface area contributed by atoms with E-state index >= 15 is 0 Å². The maximum Gasteiger partial charge on any atom is 0.123 e. The van der Waals surface area contributed by atoms with Gasteiger partial charge in [-0.2, -0.15) is 0 Å². The molecule has 0 amide bonds. The fraction of sp³-hybridized carbons (Fsp3) is 0.404. The number of aliphatic hydroxyl groups excluding tert-OH is 1. The van der Waals surface area contributed by atoms with E-state index in [9.17, 15) is 5.11 Å². The molecule has 1 atom stereocenters. The number of benzene rings is 8. The number of hydrogen-bond donors (Lipinski definition) is 1. The van der Waals surface area contributed by atoms with Crippen molar-refractivity contribution in [2.45, 2.75) is 180 Å². The Morgan fingerprint density at radius 1 is 0.255 bits per heavy atom. The Morgan fingerprint density at radius 2 is 0.453 bits per heavy atom. The van der Waals surface area contributed by atoms with Crippen LogP contribution in [0.5, 0.6) is 86.2 Å². The molecule has 0 unspecified atom stereocenters. The van der Waals surface area contributed by atoms with Crippen LogP contribution in [0.15, 0.2) is 170 Å². The van der Waals surface area contributed by atoms with Gasteiger partial charge in [-0.15, -0.1) is 0 Å². The third kappa shape index (κ3) is 26.5. The molecule has 9 aromatic rings. The van der Waals surface area contributed by atoms with Gasteiger partial charge in [0.05, 0.1) is 64.2 Å². The molecule has 0 fully saturated rings.